The van der Waals surface area contributed by atoms with Crippen LogP contribution in [0.25, 0.3) is 0 Å². The Kier molecular flexibility index (Phi) is 3.78. The third-order valence-corrected chi connectivity index (χ3v) is 3.07. The summed E-state index contributed by atoms with van der Waals surface area (Å²) in [5, 5.41) is 9.02. The van der Waals surface area contributed by atoms with Gasteiger partial charge in [-0.05, 0) is 7.05 Å². The summed E-state index contributed by atoms with van der Waals surface area (Å²) in [6.07, 6.45) is 1.63. The van der Waals surface area contributed by atoms with Gasteiger partial charge in [0.15, 0.2) is 5.75 Å². The number of pyridine rings is 1. The quantitative estimate of drug-likeness (QED) is 0.691. The van der Waals surface area contributed by atoms with Crippen molar-refractivity contribution in [3.05, 3.63) is 12.3 Å². The number of hydrogen-bond donors (Lipinski definition) is 2. The van der Waals surface area contributed by atoms with Gasteiger partial charge in [-0.1, -0.05) is 0 Å². The van der Waals surface area contributed by atoms with Crippen LogP contribution in [0.4, 0.5) is 11.5 Å². The second-order valence-corrected chi connectivity index (χ2v) is 4.20. The molecule has 0 unspecified atom stereocenters. The summed E-state index contributed by atoms with van der Waals surface area (Å²) in [6.45, 7) is 4.01. The lowest BCUT2D eigenvalue weighted by atomic mass is 10.3. The molecule has 0 saturated carbocycles. The predicted molar refractivity (Wildman–Crippen MR) is 63.9 cm³/mol. The zero-order chi connectivity index (χ0) is 12.3. The van der Waals surface area contributed by atoms with Crippen molar-refractivity contribution in [1.82, 2.24) is 9.88 Å². The van der Waals surface area contributed by atoms with E-state index in [4.69, 9.17) is 9.94 Å². The van der Waals surface area contributed by atoms with Crippen molar-refractivity contribution >= 4 is 11.5 Å². The summed E-state index contributed by atoms with van der Waals surface area (Å²) < 4.78 is 5.22. The van der Waals surface area contributed by atoms with E-state index in [1.54, 1.807) is 13.3 Å². The van der Waals surface area contributed by atoms with Crippen molar-refractivity contribution in [3.63, 3.8) is 0 Å². The van der Waals surface area contributed by atoms with Gasteiger partial charge >= 0.3 is 0 Å². The van der Waals surface area contributed by atoms with Crippen LogP contribution in [0.5, 0.6) is 5.75 Å². The standard InChI is InChI=1S/C11H18N4O2/c1-14-3-5-15(6-4-14)11-7-10(17-2)9(13-16)8-12-11/h7-8,13,16H,3-6H2,1-2H3/p+1. The first-order valence-electron chi connectivity index (χ1n) is 5.69. The molecule has 1 fully saturated rings. The number of methoxy groups -OCH3 is 1. The lowest BCUT2D eigenvalue weighted by Crippen LogP contribution is -2.73. The van der Waals surface area contributed by atoms with E-state index in [1.807, 2.05) is 6.07 Å². The van der Waals surface area contributed by atoms with Crippen molar-refractivity contribution in [2.24, 2.45) is 0 Å². The second-order valence-electron chi connectivity index (χ2n) is 4.20. The molecule has 1 aromatic heterocycles. The Morgan fingerprint density at radius 1 is 1.35 bits per heavy atom. The zero-order valence-corrected chi connectivity index (χ0v) is 10.3. The molecule has 17 heavy (non-hydrogen) atoms. The van der Waals surface area contributed by atoms with Crippen LogP contribution < -0.4 is 15.1 Å². The number of quaternary nitrogens is 1. The van der Waals surface area contributed by atoms with E-state index in [-0.39, 0.29) is 0 Å². The number of rotatable bonds is 3. The van der Waals surface area contributed by atoms with E-state index >= 15 is 0 Å². The SMILES string of the molecule is COc1cc(N2CCN(C)CC2)ncc1[NH2+]O. The molecule has 1 aromatic rings. The topological polar surface area (TPSA) is 65.4 Å². The minimum atomic E-state index is 0.602. The van der Waals surface area contributed by atoms with Gasteiger partial charge in [0.1, 0.15) is 5.82 Å². The van der Waals surface area contributed by atoms with Crippen LogP contribution in [0.1, 0.15) is 0 Å². The molecule has 1 aliphatic heterocycles. The first-order chi connectivity index (χ1) is 8.24. The molecule has 0 aliphatic carbocycles. The summed E-state index contributed by atoms with van der Waals surface area (Å²) in [4.78, 5) is 8.86. The number of nitrogens with two attached hydrogens (primary N) is 1. The van der Waals surface area contributed by atoms with Gasteiger partial charge < -0.3 is 14.5 Å². The first-order valence-corrected chi connectivity index (χ1v) is 5.69. The number of likely N-dealkylation sites (N-methyl/N-ethyl adjacent to an activating group) is 1. The van der Waals surface area contributed by atoms with Crippen LogP contribution in [-0.2, 0) is 0 Å². The van der Waals surface area contributed by atoms with Crippen LogP contribution in [0.15, 0.2) is 12.3 Å². The van der Waals surface area contributed by atoms with E-state index in [0.717, 1.165) is 37.5 Å². The summed E-state index contributed by atoms with van der Waals surface area (Å²) in [5.41, 5.74) is 1.62. The molecule has 1 saturated heterocycles. The Bertz CT molecular complexity index is 378. The molecule has 0 atom stereocenters. The highest BCUT2D eigenvalue weighted by molar-refractivity contribution is 5.53. The average Bonchev–Trinajstić information content (AvgIpc) is 2.39. The molecule has 6 nitrogen and oxygen atoms in total. The Morgan fingerprint density at radius 3 is 2.65 bits per heavy atom. The van der Waals surface area contributed by atoms with Gasteiger partial charge in [0.2, 0.25) is 5.69 Å². The number of aromatic nitrogens is 1. The van der Waals surface area contributed by atoms with Gasteiger partial charge in [-0.3, -0.25) is 0 Å². The van der Waals surface area contributed by atoms with Crippen molar-refractivity contribution in [3.8, 4) is 5.75 Å². The average molecular weight is 239 g/mol. The van der Waals surface area contributed by atoms with Crippen LogP contribution >= 0.6 is 0 Å². The fourth-order valence-corrected chi connectivity index (χ4v) is 1.92. The van der Waals surface area contributed by atoms with Gasteiger partial charge in [-0.15, -0.1) is 0 Å². The van der Waals surface area contributed by atoms with E-state index in [1.165, 1.54) is 0 Å². The molecule has 2 heterocycles. The number of hydrogen-bond acceptors (Lipinski definition) is 5. The summed E-state index contributed by atoms with van der Waals surface area (Å²) >= 11 is 0. The van der Waals surface area contributed by atoms with Crippen molar-refractivity contribution in [2.75, 3.05) is 45.2 Å². The molecule has 1 aliphatic rings. The van der Waals surface area contributed by atoms with Gasteiger partial charge in [0.05, 0.1) is 13.3 Å². The van der Waals surface area contributed by atoms with Crippen molar-refractivity contribution in [2.45, 2.75) is 0 Å². The van der Waals surface area contributed by atoms with E-state index in [2.05, 4.69) is 21.8 Å². The molecule has 0 bridgehead atoms. The van der Waals surface area contributed by atoms with Crippen molar-refractivity contribution < 1.29 is 15.4 Å². The van der Waals surface area contributed by atoms with Crippen LogP contribution in [0.3, 0.4) is 0 Å². The Morgan fingerprint density at radius 2 is 2.06 bits per heavy atom. The number of ether oxygens (including phenoxy) is 1. The highest BCUT2D eigenvalue weighted by atomic mass is 16.5. The highest BCUT2D eigenvalue weighted by Crippen LogP contribution is 2.24. The van der Waals surface area contributed by atoms with Gasteiger partial charge in [-0.25, -0.2) is 10.2 Å². The molecule has 94 valence electrons. The maximum absolute atomic E-state index is 9.02. The first kappa shape index (κ1) is 12.1. The normalized spacial score (nSPS) is 17.2. The number of piperazine rings is 1. The highest BCUT2D eigenvalue weighted by Gasteiger charge is 2.17. The van der Waals surface area contributed by atoms with Crippen LogP contribution in [-0.4, -0.2) is 55.4 Å². The Balaban J connectivity index is 2.16. The fourth-order valence-electron chi connectivity index (χ4n) is 1.92. The van der Waals surface area contributed by atoms with E-state index in [9.17, 15) is 0 Å². The third-order valence-electron chi connectivity index (χ3n) is 3.07. The molecule has 6 heteroatoms. The monoisotopic (exact) mass is 239 g/mol. The Hall–Kier alpha value is -1.37. The van der Waals surface area contributed by atoms with E-state index in [0.29, 0.717) is 11.4 Å². The molecule has 0 radical (unpaired) electrons. The molecule has 0 aromatic carbocycles. The number of anilines is 1. The molecule has 2 rings (SSSR count). The summed E-state index contributed by atoms with van der Waals surface area (Å²) in [7, 11) is 3.71. The number of nitrogens with zero attached hydrogens (tertiary/aromatic N) is 3. The molecule has 0 spiro atoms. The molecule has 0 amide bonds. The summed E-state index contributed by atoms with van der Waals surface area (Å²) in [6, 6.07) is 1.87. The summed E-state index contributed by atoms with van der Waals surface area (Å²) in [5.74, 6) is 1.55. The minimum Gasteiger partial charge on any atom is -0.491 e. The molecular weight excluding hydrogens is 220 g/mol. The van der Waals surface area contributed by atoms with E-state index < -0.39 is 0 Å². The van der Waals surface area contributed by atoms with Gasteiger partial charge in [0, 0.05) is 32.2 Å². The predicted octanol–water partition coefficient (Wildman–Crippen LogP) is -0.574. The Labute approximate surface area is 101 Å². The van der Waals surface area contributed by atoms with Crippen molar-refractivity contribution in [1.29, 1.82) is 0 Å². The fraction of sp³-hybridized carbons (Fsp3) is 0.545. The van der Waals surface area contributed by atoms with Crippen LogP contribution in [0, 0.1) is 0 Å². The van der Waals surface area contributed by atoms with Gasteiger partial charge in [-0.2, -0.15) is 5.48 Å². The minimum absolute atomic E-state index is 0.602. The maximum atomic E-state index is 9.02. The largest absolute Gasteiger partial charge is 0.491 e. The van der Waals surface area contributed by atoms with Crippen LogP contribution in [0.2, 0.25) is 0 Å². The lowest BCUT2D eigenvalue weighted by Gasteiger charge is -2.33. The maximum Gasteiger partial charge on any atom is 0.222 e. The molecular formula is C11H19N4O2+. The smallest absolute Gasteiger partial charge is 0.222 e. The molecule has 3 N–H and O–H groups in total. The lowest BCUT2D eigenvalue weighted by molar-refractivity contribution is -0.826. The zero-order valence-electron chi connectivity index (χ0n) is 10.3. The van der Waals surface area contributed by atoms with Gasteiger partial charge in [0.25, 0.3) is 0 Å². The second kappa shape index (κ2) is 5.31. The third kappa shape index (κ3) is 2.66.